The molecule has 0 radical (unpaired) electrons. The summed E-state index contributed by atoms with van der Waals surface area (Å²) in [6.45, 7) is 3.10. The number of methoxy groups -OCH3 is 1. The van der Waals surface area contributed by atoms with Crippen molar-refractivity contribution < 1.29 is 14.6 Å². The minimum Gasteiger partial charge on any atom is -0.470 e. The minimum atomic E-state index is 0.0381. The summed E-state index contributed by atoms with van der Waals surface area (Å²) < 4.78 is 10.2. The Morgan fingerprint density at radius 1 is 1.57 bits per heavy atom. The van der Waals surface area contributed by atoms with E-state index in [4.69, 9.17) is 14.6 Å². The third-order valence-electron chi connectivity index (χ3n) is 1.76. The summed E-state index contributed by atoms with van der Waals surface area (Å²) in [5.41, 5.74) is 0. The lowest BCUT2D eigenvalue weighted by Crippen LogP contribution is -2.17. The van der Waals surface area contributed by atoms with E-state index in [1.165, 1.54) is 0 Å². The van der Waals surface area contributed by atoms with Crippen LogP contribution in [-0.4, -0.2) is 43.8 Å². The number of nitrogens with zero attached hydrogens (tertiary/aromatic N) is 1. The molecule has 5 heteroatoms. The number of hydrogen-bond acceptors (Lipinski definition) is 5. The lowest BCUT2D eigenvalue weighted by Gasteiger charge is -2.14. The molecule has 0 aliphatic rings. The van der Waals surface area contributed by atoms with Crippen molar-refractivity contribution in [3.63, 3.8) is 0 Å². The van der Waals surface area contributed by atoms with E-state index in [0.717, 1.165) is 6.42 Å². The van der Waals surface area contributed by atoms with Crippen molar-refractivity contribution in [1.82, 2.24) is 0 Å². The van der Waals surface area contributed by atoms with Gasteiger partial charge < -0.3 is 14.6 Å². The van der Waals surface area contributed by atoms with Crippen LogP contribution in [-0.2, 0) is 9.47 Å². The van der Waals surface area contributed by atoms with Crippen molar-refractivity contribution in [3.05, 3.63) is 0 Å². The van der Waals surface area contributed by atoms with Gasteiger partial charge in [0.2, 0.25) is 0 Å². The molecule has 84 valence electrons. The summed E-state index contributed by atoms with van der Waals surface area (Å²) in [5, 5.41) is 8.63. The first-order valence-electron chi connectivity index (χ1n) is 4.64. The summed E-state index contributed by atoms with van der Waals surface area (Å²) in [6.07, 6.45) is 0.856. The molecule has 1 unspecified atom stereocenters. The summed E-state index contributed by atoms with van der Waals surface area (Å²) in [6, 6.07) is 0. The van der Waals surface area contributed by atoms with E-state index in [1.54, 1.807) is 7.11 Å². The molecule has 0 aliphatic carbocycles. The zero-order chi connectivity index (χ0) is 10.8. The summed E-state index contributed by atoms with van der Waals surface area (Å²) in [5.74, 6) is 1.15. The molecule has 14 heavy (non-hydrogen) atoms. The molecule has 0 amide bonds. The van der Waals surface area contributed by atoms with Crippen LogP contribution < -0.4 is 0 Å². The SMILES string of the molecule is COCCC(C)C(=NCCO)OCS. The molecule has 1 atom stereocenters. The van der Waals surface area contributed by atoms with E-state index in [1.807, 2.05) is 6.92 Å². The largest absolute Gasteiger partial charge is 0.470 e. The monoisotopic (exact) mass is 221 g/mol. The van der Waals surface area contributed by atoms with Gasteiger partial charge in [0.15, 0.2) is 5.90 Å². The minimum absolute atomic E-state index is 0.0381. The van der Waals surface area contributed by atoms with Gasteiger partial charge in [0.05, 0.1) is 13.2 Å². The highest BCUT2D eigenvalue weighted by Gasteiger charge is 2.11. The number of aliphatic hydroxyl groups is 1. The molecule has 0 saturated heterocycles. The highest BCUT2D eigenvalue weighted by molar-refractivity contribution is 7.80. The van der Waals surface area contributed by atoms with E-state index < -0.39 is 0 Å². The van der Waals surface area contributed by atoms with Gasteiger partial charge in [-0.05, 0) is 6.42 Å². The second kappa shape index (κ2) is 9.30. The Balaban J connectivity index is 4.03. The van der Waals surface area contributed by atoms with Gasteiger partial charge >= 0.3 is 0 Å². The fraction of sp³-hybridized carbons (Fsp3) is 0.889. The molecule has 0 spiro atoms. The lowest BCUT2D eigenvalue weighted by molar-refractivity contribution is 0.184. The van der Waals surface area contributed by atoms with Crippen LogP contribution in [0.5, 0.6) is 0 Å². The smallest absolute Gasteiger partial charge is 0.187 e. The highest BCUT2D eigenvalue weighted by Crippen LogP contribution is 2.07. The first-order chi connectivity index (χ1) is 6.76. The Morgan fingerprint density at radius 2 is 2.29 bits per heavy atom. The predicted octanol–water partition coefficient (Wildman–Crippen LogP) is 0.954. The van der Waals surface area contributed by atoms with E-state index in [9.17, 15) is 0 Å². The van der Waals surface area contributed by atoms with Crippen molar-refractivity contribution in [2.24, 2.45) is 10.9 Å². The third-order valence-corrected chi connectivity index (χ3v) is 1.89. The number of ether oxygens (including phenoxy) is 2. The van der Waals surface area contributed by atoms with Crippen molar-refractivity contribution in [2.45, 2.75) is 13.3 Å². The van der Waals surface area contributed by atoms with Crippen molar-refractivity contribution in [2.75, 3.05) is 32.8 Å². The third kappa shape index (κ3) is 6.23. The molecular weight excluding hydrogens is 202 g/mol. The summed E-state index contributed by atoms with van der Waals surface area (Å²) in [4.78, 5) is 4.12. The van der Waals surface area contributed by atoms with E-state index in [0.29, 0.717) is 25.0 Å². The molecule has 0 bridgehead atoms. The van der Waals surface area contributed by atoms with Crippen molar-refractivity contribution in [3.8, 4) is 0 Å². The molecular formula is C9H19NO3S. The summed E-state index contributed by atoms with van der Waals surface area (Å²) in [7, 11) is 1.66. The first kappa shape index (κ1) is 13.7. The van der Waals surface area contributed by atoms with Gasteiger partial charge in [-0.2, -0.15) is 0 Å². The number of aliphatic imine (C=N–C) groups is 1. The van der Waals surface area contributed by atoms with Gasteiger partial charge in [0, 0.05) is 19.6 Å². The molecule has 0 rings (SSSR count). The van der Waals surface area contributed by atoms with Crippen LogP contribution in [0.1, 0.15) is 13.3 Å². The Morgan fingerprint density at radius 3 is 2.79 bits per heavy atom. The molecule has 4 nitrogen and oxygen atoms in total. The second-order valence-electron chi connectivity index (χ2n) is 2.90. The Hall–Kier alpha value is -0.260. The molecule has 0 aliphatic heterocycles. The first-order valence-corrected chi connectivity index (χ1v) is 5.27. The van der Waals surface area contributed by atoms with Gasteiger partial charge in [0.1, 0.15) is 5.94 Å². The maximum Gasteiger partial charge on any atom is 0.187 e. The number of hydrogen-bond donors (Lipinski definition) is 2. The zero-order valence-electron chi connectivity index (χ0n) is 8.77. The molecule has 0 saturated carbocycles. The topological polar surface area (TPSA) is 51.0 Å². The summed E-state index contributed by atoms with van der Waals surface area (Å²) >= 11 is 3.97. The van der Waals surface area contributed by atoms with Crippen LogP contribution in [0, 0.1) is 5.92 Å². The van der Waals surface area contributed by atoms with Crippen LogP contribution in [0.2, 0.25) is 0 Å². The maximum atomic E-state index is 8.63. The number of aliphatic hydroxyl groups excluding tert-OH is 1. The number of rotatable bonds is 7. The Labute approximate surface area is 90.7 Å². The molecule has 0 aromatic heterocycles. The second-order valence-corrected chi connectivity index (χ2v) is 3.16. The molecule has 0 fully saturated rings. The fourth-order valence-corrected chi connectivity index (χ4v) is 1.12. The highest BCUT2D eigenvalue weighted by atomic mass is 32.1. The maximum absolute atomic E-state index is 8.63. The van der Waals surface area contributed by atoms with E-state index in [2.05, 4.69) is 17.6 Å². The lowest BCUT2D eigenvalue weighted by atomic mass is 10.1. The Kier molecular flexibility index (Phi) is 9.13. The van der Waals surface area contributed by atoms with Crippen molar-refractivity contribution >= 4 is 18.5 Å². The fourth-order valence-electron chi connectivity index (χ4n) is 0.988. The molecule has 1 N–H and O–H groups in total. The van der Waals surface area contributed by atoms with Gasteiger partial charge in [0.25, 0.3) is 0 Å². The van der Waals surface area contributed by atoms with Crippen LogP contribution in [0.15, 0.2) is 4.99 Å². The van der Waals surface area contributed by atoms with Gasteiger partial charge in [-0.15, -0.1) is 12.6 Å². The van der Waals surface area contributed by atoms with Crippen molar-refractivity contribution in [1.29, 1.82) is 0 Å². The quantitative estimate of drug-likeness (QED) is 0.291. The van der Waals surface area contributed by atoms with E-state index >= 15 is 0 Å². The van der Waals surface area contributed by atoms with E-state index in [-0.39, 0.29) is 12.5 Å². The molecule has 0 aromatic carbocycles. The van der Waals surface area contributed by atoms with Crippen LogP contribution in [0.25, 0.3) is 0 Å². The van der Waals surface area contributed by atoms with Gasteiger partial charge in [-0.1, -0.05) is 6.92 Å². The zero-order valence-corrected chi connectivity index (χ0v) is 9.67. The average Bonchev–Trinajstić information content (AvgIpc) is 2.20. The van der Waals surface area contributed by atoms with Crippen LogP contribution in [0.3, 0.4) is 0 Å². The average molecular weight is 221 g/mol. The Bertz CT molecular complexity index is 164. The van der Waals surface area contributed by atoms with Gasteiger partial charge in [-0.25, -0.2) is 0 Å². The van der Waals surface area contributed by atoms with Crippen LogP contribution in [0.4, 0.5) is 0 Å². The van der Waals surface area contributed by atoms with Gasteiger partial charge in [-0.3, -0.25) is 4.99 Å². The molecule has 0 heterocycles. The predicted molar refractivity (Wildman–Crippen MR) is 60.0 cm³/mol. The normalized spacial score (nSPS) is 14.1. The number of thiol groups is 1. The standard InChI is InChI=1S/C9H19NO3S/c1-8(3-6-12-2)9(13-7-14)10-4-5-11/h8,11,14H,3-7H2,1-2H3. The molecule has 0 aromatic rings. The van der Waals surface area contributed by atoms with Crippen LogP contribution >= 0.6 is 12.6 Å².